The van der Waals surface area contributed by atoms with E-state index in [1.807, 2.05) is 20.8 Å². The van der Waals surface area contributed by atoms with Gasteiger partial charge in [0.05, 0.1) is 12.6 Å². The van der Waals surface area contributed by atoms with Crippen molar-refractivity contribution >= 4 is 17.6 Å². The number of rotatable bonds is 6. The minimum atomic E-state index is -0.388. The largest absolute Gasteiger partial charge is 0.394 e. The van der Waals surface area contributed by atoms with Crippen LogP contribution in [0.3, 0.4) is 0 Å². The Kier molecular flexibility index (Phi) is 6.85. The van der Waals surface area contributed by atoms with Crippen molar-refractivity contribution in [1.29, 1.82) is 0 Å². The number of anilines is 1. The summed E-state index contributed by atoms with van der Waals surface area (Å²) in [7, 11) is 0. The fourth-order valence-electron chi connectivity index (χ4n) is 1.78. The first kappa shape index (κ1) is 18.0. The summed E-state index contributed by atoms with van der Waals surface area (Å²) in [6, 6.07) is 4.53. The Bertz CT molecular complexity index is 531. The van der Waals surface area contributed by atoms with Crippen molar-refractivity contribution in [3.05, 3.63) is 29.3 Å². The first-order valence-corrected chi connectivity index (χ1v) is 7.47. The lowest BCUT2D eigenvalue weighted by Crippen LogP contribution is -2.38. The second-order valence-electron chi connectivity index (χ2n) is 5.49. The molecular weight excluding hydrogens is 282 g/mol. The van der Waals surface area contributed by atoms with Gasteiger partial charge in [-0.2, -0.15) is 0 Å². The Balaban J connectivity index is 2.73. The summed E-state index contributed by atoms with van der Waals surface area (Å²) in [6.45, 7) is 7.36. The van der Waals surface area contributed by atoms with Crippen LogP contribution in [0.2, 0.25) is 0 Å². The Hall–Kier alpha value is -2.08. The Labute approximate surface area is 131 Å². The van der Waals surface area contributed by atoms with E-state index in [4.69, 9.17) is 5.11 Å². The van der Waals surface area contributed by atoms with Crippen LogP contribution in [0.4, 0.5) is 10.5 Å². The number of carbonyl (C=O) groups excluding carboxylic acids is 2. The van der Waals surface area contributed by atoms with Crippen LogP contribution in [0.5, 0.6) is 0 Å². The van der Waals surface area contributed by atoms with Gasteiger partial charge in [-0.15, -0.1) is 0 Å². The Morgan fingerprint density at radius 1 is 1.18 bits per heavy atom. The second kappa shape index (κ2) is 8.38. The van der Waals surface area contributed by atoms with Crippen molar-refractivity contribution in [3.63, 3.8) is 0 Å². The van der Waals surface area contributed by atoms with Crippen LogP contribution >= 0.6 is 0 Å². The first-order valence-electron chi connectivity index (χ1n) is 7.47. The molecule has 0 fully saturated rings. The molecule has 1 aromatic rings. The molecule has 22 heavy (non-hydrogen) atoms. The van der Waals surface area contributed by atoms with Gasteiger partial charge in [-0.1, -0.05) is 6.92 Å². The van der Waals surface area contributed by atoms with Crippen molar-refractivity contribution in [3.8, 4) is 0 Å². The lowest BCUT2D eigenvalue weighted by molar-refractivity contribution is 0.0939. The van der Waals surface area contributed by atoms with Crippen molar-refractivity contribution in [2.24, 2.45) is 0 Å². The van der Waals surface area contributed by atoms with E-state index in [2.05, 4.69) is 16.0 Å². The fraction of sp³-hybridized carbons (Fsp3) is 0.500. The van der Waals surface area contributed by atoms with Gasteiger partial charge in [0.1, 0.15) is 0 Å². The minimum Gasteiger partial charge on any atom is -0.394 e. The van der Waals surface area contributed by atoms with Crippen molar-refractivity contribution in [1.82, 2.24) is 10.6 Å². The van der Waals surface area contributed by atoms with Gasteiger partial charge in [0.25, 0.3) is 5.91 Å². The second-order valence-corrected chi connectivity index (χ2v) is 5.49. The SMILES string of the molecule is CCC(C)NC(=O)c1ccc(NC(=O)NC(C)CO)c(C)c1. The molecule has 0 heterocycles. The number of aliphatic hydroxyl groups is 1. The monoisotopic (exact) mass is 307 g/mol. The topological polar surface area (TPSA) is 90.5 Å². The summed E-state index contributed by atoms with van der Waals surface area (Å²) < 4.78 is 0. The standard InChI is InChI=1S/C16H25N3O3/c1-5-11(3)17-15(21)13-6-7-14(10(2)8-13)19-16(22)18-12(4)9-20/h6-8,11-12,20H,5,9H2,1-4H3,(H,17,21)(H2,18,19,22). The molecule has 3 amide bonds. The molecule has 0 aliphatic rings. The lowest BCUT2D eigenvalue weighted by Gasteiger charge is -2.15. The van der Waals surface area contributed by atoms with Gasteiger partial charge in [0.15, 0.2) is 0 Å². The number of hydrogen-bond donors (Lipinski definition) is 4. The number of benzene rings is 1. The van der Waals surface area contributed by atoms with Crippen LogP contribution in [-0.2, 0) is 0 Å². The summed E-state index contributed by atoms with van der Waals surface area (Å²) in [6.07, 6.45) is 0.869. The van der Waals surface area contributed by atoms with E-state index in [1.54, 1.807) is 25.1 Å². The normalized spacial score (nSPS) is 13.1. The van der Waals surface area contributed by atoms with Crippen molar-refractivity contribution in [2.45, 2.75) is 46.2 Å². The van der Waals surface area contributed by atoms with E-state index in [0.29, 0.717) is 11.3 Å². The van der Waals surface area contributed by atoms with Gasteiger partial charge in [-0.05, 0) is 51.0 Å². The molecule has 0 spiro atoms. The number of urea groups is 1. The molecule has 1 aromatic carbocycles. The molecule has 0 saturated carbocycles. The first-order chi connectivity index (χ1) is 10.4. The number of carbonyl (C=O) groups is 2. The average Bonchev–Trinajstić information content (AvgIpc) is 2.48. The van der Waals surface area contributed by atoms with Crippen LogP contribution in [0.1, 0.15) is 43.1 Å². The van der Waals surface area contributed by atoms with Crippen LogP contribution in [0.25, 0.3) is 0 Å². The Morgan fingerprint density at radius 3 is 2.41 bits per heavy atom. The van der Waals surface area contributed by atoms with E-state index < -0.39 is 0 Å². The molecule has 6 nitrogen and oxygen atoms in total. The van der Waals surface area contributed by atoms with E-state index in [1.165, 1.54) is 0 Å². The highest BCUT2D eigenvalue weighted by atomic mass is 16.3. The van der Waals surface area contributed by atoms with E-state index in [0.717, 1.165) is 12.0 Å². The molecule has 0 aromatic heterocycles. The van der Waals surface area contributed by atoms with Gasteiger partial charge in [-0.3, -0.25) is 4.79 Å². The summed E-state index contributed by atoms with van der Waals surface area (Å²) in [4.78, 5) is 23.8. The van der Waals surface area contributed by atoms with Crippen molar-refractivity contribution < 1.29 is 14.7 Å². The third-order valence-electron chi connectivity index (χ3n) is 3.38. The zero-order chi connectivity index (χ0) is 16.7. The number of aliphatic hydroxyl groups excluding tert-OH is 1. The van der Waals surface area contributed by atoms with E-state index >= 15 is 0 Å². The average molecular weight is 307 g/mol. The van der Waals surface area contributed by atoms with Crippen LogP contribution in [0.15, 0.2) is 18.2 Å². The quantitative estimate of drug-likeness (QED) is 0.648. The summed E-state index contributed by atoms with van der Waals surface area (Å²) in [5.41, 5.74) is 1.99. The van der Waals surface area contributed by atoms with Crippen LogP contribution in [0, 0.1) is 6.92 Å². The minimum absolute atomic E-state index is 0.122. The van der Waals surface area contributed by atoms with E-state index in [-0.39, 0.29) is 30.6 Å². The molecule has 0 aliphatic heterocycles. The van der Waals surface area contributed by atoms with Gasteiger partial charge in [0, 0.05) is 17.3 Å². The number of amides is 3. The van der Waals surface area contributed by atoms with Gasteiger partial charge in [-0.25, -0.2) is 4.79 Å². The molecule has 0 bridgehead atoms. The van der Waals surface area contributed by atoms with Crippen molar-refractivity contribution in [2.75, 3.05) is 11.9 Å². The Morgan fingerprint density at radius 2 is 1.86 bits per heavy atom. The maximum atomic E-state index is 12.0. The maximum Gasteiger partial charge on any atom is 0.319 e. The molecule has 1 rings (SSSR count). The van der Waals surface area contributed by atoms with Crippen LogP contribution < -0.4 is 16.0 Å². The fourth-order valence-corrected chi connectivity index (χ4v) is 1.78. The lowest BCUT2D eigenvalue weighted by atomic mass is 10.1. The summed E-state index contributed by atoms with van der Waals surface area (Å²) in [5.74, 6) is -0.123. The predicted molar refractivity (Wildman–Crippen MR) is 87.1 cm³/mol. The van der Waals surface area contributed by atoms with Crippen LogP contribution in [-0.4, -0.2) is 35.7 Å². The molecule has 0 saturated heterocycles. The number of aryl methyl sites for hydroxylation is 1. The molecule has 0 aliphatic carbocycles. The molecule has 2 atom stereocenters. The summed E-state index contributed by atoms with van der Waals surface area (Å²) in [5, 5.41) is 17.1. The van der Waals surface area contributed by atoms with Gasteiger partial charge in [0.2, 0.25) is 0 Å². The molecular formula is C16H25N3O3. The molecule has 122 valence electrons. The molecule has 4 N–H and O–H groups in total. The van der Waals surface area contributed by atoms with E-state index in [9.17, 15) is 9.59 Å². The number of nitrogens with one attached hydrogen (secondary N) is 3. The highest BCUT2D eigenvalue weighted by Gasteiger charge is 2.12. The highest BCUT2D eigenvalue weighted by Crippen LogP contribution is 2.16. The summed E-state index contributed by atoms with van der Waals surface area (Å²) >= 11 is 0. The maximum absolute atomic E-state index is 12.0. The molecule has 0 radical (unpaired) electrons. The zero-order valence-electron chi connectivity index (χ0n) is 13.6. The van der Waals surface area contributed by atoms with Gasteiger partial charge >= 0.3 is 6.03 Å². The molecule has 2 unspecified atom stereocenters. The smallest absolute Gasteiger partial charge is 0.319 e. The van der Waals surface area contributed by atoms with Gasteiger partial charge < -0.3 is 21.1 Å². The number of hydrogen-bond acceptors (Lipinski definition) is 3. The predicted octanol–water partition coefficient (Wildman–Crippen LogP) is 2.03. The zero-order valence-corrected chi connectivity index (χ0v) is 13.6. The third kappa shape index (κ3) is 5.37. The third-order valence-corrected chi connectivity index (χ3v) is 3.38. The molecule has 6 heteroatoms. The highest BCUT2D eigenvalue weighted by molar-refractivity contribution is 5.96.